The van der Waals surface area contributed by atoms with Crippen LogP contribution in [0.1, 0.15) is 36.7 Å². The van der Waals surface area contributed by atoms with Gasteiger partial charge >= 0.3 is 11.7 Å². The number of anilines is 2. The fraction of sp³-hybridized carbons (Fsp3) is 0.476. The Morgan fingerprint density at radius 1 is 1.23 bits per heavy atom. The highest BCUT2D eigenvalue weighted by Crippen LogP contribution is 2.37. The summed E-state index contributed by atoms with van der Waals surface area (Å²) in [5.41, 5.74) is 0.896. The highest BCUT2D eigenvalue weighted by molar-refractivity contribution is 5.87. The van der Waals surface area contributed by atoms with Gasteiger partial charge in [0.05, 0.1) is 23.7 Å². The molecular weight excluding hydrogens is 402 g/mol. The first-order chi connectivity index (χ1) is 14.8. The molecule has 0 radical (unpaired) electrons. The van der Waals surface area contributed by atoms with Crippen LogP contribution < -0.4 is 9.80 Å². The predicted octanol–water partition coefficient (Wildman–Crippen LogP) is 2.97. The number of nitrogens with zero attached hydrogens (tertiary/aromatic N) is 5. The Bertz CT molecular complexity index is 928. The van der Waals surface area contributed by atoms with Crippen molar-refractivity contribution in [1.82, 2.24) is 9.97 Å². The van der Waals surface area contributed by atoms with Crippen LogP contribution in [0.25, 0.3) is 0 Å². The zero-order valence-electron chi connectivity index (χ0n) is 17.9. The number of rotatable bonds is 8. The average molecular weight is 429 g/mol. The first-order valence-corrected chi connectivity index (χ1v) is 10.2. The minimum atomic E-state index is -0.999. The Balaban J connectivity index is 2.04. The van der Waals surface area contributed by atoms with Crippen LogP contribution in [0, 0.1) is 16.0 Å². The van der Waals surface area contributed by atoms with Crippen molar-refractivity contribution >= 4 is 23.3 Å². The van der Waals surface area contributed by atoms with E-state index in [9.17, 15) is 14.9 Å². The summed E-state index contributed by atoms with van der Waals surface area (Å²) in [6.07, 6.45) is 1.36. The van der Waals surface area contributed by atoms with Gasteiger partial charge in [0.1, 0.15) is 6.33 Å². The lowest BCUT2D eigenvalue weighted by Gasteiger charge is -2.34. The van der Waals surface area contributed by atoms with Gasteiger partial charge in [-0.15, -0.1) is 0 Å². The lowest BCUT2D eigenvalue weighted by Crippen LogP contribution is -2.39. The third-order valence-electron chi connectivity index (χ3n) is 5.56. The van der Waals surface area contributed by atoms with E-state index in [2.05, 4.69) is 9.97 Å². The quantitative estimate of drug-likeness (QED) is 0.498. The molecule has 1 saturated heterocycles. The molecule has 0 saturated carbocycles. The summed E-state index contributed by atoms with van der Waals surface area (Å²) in [5.74, 6) is -0.259. The second-order valence-electron chi connectivity index (χ2n) is 7.84. The monoisotopic (exact) mass is 429 g/mol. The minimum absolute atomic E-state index is 0.0645. The Labute approximate surface area is 180 Å². The molecule has 0 spiro atoms. The molecule has 31 heavy (non-hydrogen) atoms. The van der Waals surface area contributed by atoms with Crippen molar-refractivity contribution in [3.63, 3.8) is 0 Å². The van der Waals surface area contributed by atoms with Crippen LogP contribution in [-0.4, -0.2) is 58.3 Å². The first-order valence-electron chi connectivity index (χ1n) is 10.2. The predicted molar refractivity (Wildman–Crippen MR) is 116 cm³/mol. The molecule has 1 aliphatic heterocycles. The Morgan fingerprint density at radius 3 is 2.42 bits per heavy atom. The van der Waals surface area contributed by atoms with Gasteiger partial charge in [-0.05, 0) is 30.5 Å². The summed E-state index contributed by atoms with van der Waals surface area (Å²) in [6.45, 7) is 8.44. The molecule has 0 amide bonds. The summed E-state index contributed by atoms with van der Waals surface area (Å²) in [5, 5.41) is 21.3. The summed E-state index contributed by atoms with van der Waals surface area (Å²) < 4.78 is 5.37. The van der Waals surface area contributed by atoms with Gasteiger partial charge in [0.25, 0.3) is 0 Å². The van der Waals surface area contributed by atoms with Crippen LogP contribution in [0.3, 0.4) is 0 Å². The number of hydrogen-bond acceptors (Lipinski definition) is 8. The minimum Gasteiger partial charge on any atom is -0.478 e. The van der Waals surface area contributed by atoms with Gasteiger partial charge < -0.3 is 19.6 Å². The van der Waals surface area contributed by atoms with E-state index in [0.717, 1.165) is 5.56 Å². The number of aromatic carboxylic acids is 1. The van der Waals surface area contributed by atoms with Crippen molar-refractivity contribution in [2.24, 2.45) is 5.92 Å². The molecule has 2 heterocycles. The van der Waals surface area contributed by atoms with Crippen LogP contribution >= 0.6 is 0 Å². The van der Waals surface area contributed by atoms with Crippen molar-refractivity contribution in [2.45, 2.75) is 33.4 Å². The lowest BCUT2D eigenvalue weighted by molar-refractivity contribution is -0.383. The van der Waals surface area contributed by atoms with Crippen LogP contribution in [0.2, 0.25) is 0 Å². The van der Waals surface area contributed by atoms with E-state index in [1.807, 2.05) is 30.6 Å². The lowest BCUT2D eigenvalue weighted by atomic mass is 10.0. The summed E-state index contributed by atoms with van der Waals surface area (Å²) >= 11 is 0. The highest BCUT2D eigenvalue weighted by Gasteiger charge is 2.33. The van der Waals surface area contributed by atoms with Crippen LogP contribution in [-0.2, 0) is 11.3 Å². The number of hydrogen-bond donors (Lipinski definition) is 1. The van der Waals surface area contributed by atoms with E-state index >= 15 is 0 Å². The normalized spacial score (nSPS) is 15.0. The van der Waals surface area contributed by atoms with Crippen molar-refractivity contribution < 1.29 is 19.6 Å². The second kappa shape index (κ2) is 9.69. The first kappa shape index (κ1) is 22.4. The largest absolute Gasteiger partial charge is 0.478 e. The maximum absolute atomic E-state index is 12.1. The number of aromatic nitrogens is 2. The average Bonchev–Trinajstić information content (AvgIpc) is 2.77. The van der Waals surface area contributed by atoms with E-state index in [1.165, 1.54) is 18.5 Å². The Hall–Kier alpha value is -3.27. The number of morpholine rings is 1. The van der Waals surface area contributed by atoms with E-state index in [1.54, 1.807) is 12.1 Å². The van der Waals surface area contributed by atoms with Crippen molar-refractivity contribution in [3.8, 4) is 0 Å². The van der Waals surface area contributed by atoms with Gasteiger partial charge in [0.2, 0.25) is 11.6 Å². The van der Waals surface area contributed by atoms with Gasteiger partial charge in [-0.25, -0.2) is 14.8 Å². The SMILES string of the molecule is CC(C)C(C)N(Cc1ccc(C(=O)O)cc1)c1ncnc(N2CCOCC2)c1[N+](=O)[O-]. The highest BCUT2D eigenvalue weighted by atomic mass is 16.6. The number of carboxylic acids is 1. The van der Waals surface area contributed by atoms with E-state index in [0.29, 0.717) is 38.7 Å². The van der Waals surface area contributed by atoms with Crippen molar-refractivity contribution in [1.29, 1.82) is 0 Å². The number of carbonyl (C=O) groups is 1. The molecule has 0 aliphatic carbocycles. The van der Waals surface area contributed by atoms with Crippen LogP contribution in [0.5, 0.6) is 0 Å². The molecule has 1 aliphatic rings. The number of carboxylic acid groups (broad SMARTS) is 1. The summed E-state index contributed by atoms with van der Waals surface area (Å²) in [6, 6.07) is 6.44. The molecule has 1 N–H and O–H groups in total. The van der Waals surface area contributed by atoms with Gasteiger partial charge in [-0.2, -0.15) is 0 Å². The molecule has 166 valence electrons. The fourth-order valence-corrected chi connectivity index (χ4v) is 3.46. The van der Waals surface area contributed by atoms with Crippen molar-refractivity contribution in [2.75, 3.05) is 36.1 Å². The second-order valence-corrected chi connectivity index (χ2v) is 7.84. The molecule has 3 rings (SSSR count). The van der Waals surface area contributed by atoms with E-state index in [4.69, 9.17) is 9.84 Å². The topological polar surface area (TPSA) is 122 Å². The zero-order chi connectivity index (χ0) is 22.5. The van der Waals surface area contributed by atoms with E-state index < -0.39 is 10.9 Å². The number of nitro groups is 1. The van der Waals surface area contributed by atoms with Crippen LogP contribution in [0.15, 0.2) is 30.6 Å². The van der Waals surface area contributed by atoms with Gasteiger partial charge in [-0.3, -0.25) is 10.1 Å². The van der Waals surface area contributed by atoms with Gasteiger partial charge in [-0.1, -0.05) is 26.0 Å². The van der Waals surface area contributed by atoms with E-state index in [-0.39, 0.29) is 29.0 Å². The Kier molecular flexibility index (Phi) is 7.01. The number of ether oxygens (including phenoxy) is 1. The third-order valence-corrected chi connectivity index (χ3v) is 5.56. The summed E-state index contributed by atoms with van der Waals surface area (Å²) in [7, 11) is 0. The molecule has 1 fully saturated rings. The molecule has 1 unspecified atom stereocenters. The number of benzene rings is 1. The van der Waals surface area contributed by atoms with Crippen LogP contribution in [0.4, 0.5) is 17.3 Å². The molecule has 10 heteroatoms. The maximum atomic E-state index is 12.1. The smallest absolute Gasteiger partial charge is 0.353 e. The van der Waals surface area contributed by atoms with Gasteiger partial charge in [0.15, 0.2) is 0 Å². The Morgan fingerprint density at radius 2 is 1.87 bits per heavy atom. The zero-order valence-corrected chi connectivity index (χ0v) is 17.9. The van der Waals surface area contributed by atoms with Gasteiger partial charge in [0, 0.05) is 25.7 Å². The molecule has 1 aromatic heterocycles. The van der Waals surface area contributed by atoms with Crippen molar-refractivity contribution in [3.05, 3.63) is 51.8 Å². The molecule has 0 bridgehead atoms. The standard InChI is InChI=1S/C21H27N5O5/c1-14(2)15(3)25(12-16-4-6-17(7-5-16)21(27)28)20-18(26(29)30)19(22-13-23-20)24-8-10-31-11-9-24/h4-7,13-15H,8-12H2,1-3H3,(H,27,28). The molecule has 10 nitrogen and oxygen atoms in total. The molecule has 2 aromatic rings. The molecule has 1 aromatic carbocycles. The fourth-order valence-electron chi connectivity index (χ4n) is 3.46. The molecule has 1 atom stereocenters. The maximum Gasteiger partial charge on any atom is 0.353 e. The third kappa shape index (κ3) is 5.08. The molecular formula is C21H27N5O5. The summed E-state index contributed by atoms with van der Waals surface area (Å²) in [4.78, 5) is 35.2.